The van der Waals surface area contributed by atoms with E-state index in [4.69, 9.17) is 16.1 Å². The second-order valence-corrected chi connectivity index (χ2v) is 9.49. The number of hydrogen-bond donors (Lipinski definition) is 1. The molecule has 40 heavy (non-hydrogen) atoms. The molecule has 1 N–H and O–H groups in total. The van der Waals surface area contributed by atoms with Crippen molar-refractivity contribution >= 4 is 23.2 Å². The molecule has 0 bridgehead atoms. The van der Waals surface area contributed by atoms with E-state index in [0.29, 0.717) is 39.1 Å². The normalized spacial score (nSPS) is 14.8. The summed E-state index contributed by atoms with van der Waals surface area (Å²) in [5.41, 5.74) is 0.204. The lowest BCUT2D eigenvalue weighted by atomic mass is 10.0. The first-order chi connectivity index (χ1) is 18.9. The van der Waals surface area contributed by atoms with Crippen molar-refractivity contribution in [3.05, 3.63) is 64.6 Å². The number of halogens is 7. The fourth-order valence-electron chi connectivity index (χ4n) is 4.34. The van der Waals surface area contributed by atoms with E-state index >= 15 is 0 Å². The third-order valence-electron chi connectivity index (χ3n) is 6.37. The number of nitrogens with one attached hydrogen (secondary N) is 1. The summed E-state index contributed by atoms with van der Waals surface area (Å²) in [4.78, 5) is 16.6. The summed E-state index contributed by atoms with van der Waals surface area (Å²) in [7, 11) is 0. The maximum absolute atomic E-state index is 14.4. The lowest BCUT2D eigenvalue weighted by Gasteiger charge is -2.37. The van der Waals surface area contributed by atoms with Gasteiger partial charge in [-0.1, -0.05) is 35.0 Å². The lowest BCUT2D eigenvalue weighted by molar-refractivity contribution is -0.360. The number of para-hydroxylation sites is 2. The van der Waals surface area contributed by atoms with Crippen molar-refractivity contribution in [3.63, 3.8) is 0 Å². The molecule has 7 nitrogen and oxygen atoms in total. The Labute approximate surface area is 230 Å². The molecule has 1 aliphatic heterocycles. The van der Waals surface area contributed by atoms with Crippen molar-refractivity contribution in [2.75, 3.05) is 44.2 Å². The molecule has 2 aromatic carbocycles. The first kappa shape index (κ1) is 29.5. The molecule has 2 heterocycles. The number of benzene rings is 2. The number of amides is 1. The molecule has 0 unspecified atom stereocenters. The number of ether oxygens (including phenoxy) is 1. The number of rotatable bonds is 9. The van der Waals surface area contributed by atoms with Gasteiger partial charge in [-0.25, -0.2) is 4.39 Å². The summed E-state index contributed by atoms with van der Waals surface area (Å²) in [6.07, 6.45) is -10.6. The summed E-state index contributed by atoms with van der Waals surface area (Å²) in [5, 5.41) is 6.68. The molecule has 1 aromatic heterocycles. The van der Waals surface area contributed by atoms with Crippen LogP contribution in [0.1, 0.15) is 22.5 Å². The number of hydrogen-bond acceptors (Lipinski definition) is 6. The number of alkyl halides is 5. The zero-order valence-electron chi connectivity index (χ0n) is 21.2. The largest absolute Gasteiger partial charge is 0.499 e. The van der Waals surface area contributed by atoms with Crippen LogP contribution in [0.4, 0.5) is 32.0 Å². The summed E-state index contributed by atoms with van der Waals surface area (Å²) < 4.78 is 88.4. The molecular weight excluding hydrogens is 566 g/mol. The van der Waals surface area contributed by atoms with E-state index in [1.807, 2.05) is 0 Å². The monoisotopic (exact) mass is 590 g/mol. The molecule has 1 aliphatic rings. The van der Waals surface area contributed by atoms with E-state index in [2.05, 4.69) is 20.1 Å². The van der Waals surface area contributed by atoms with Crippen LogP contribution < -0.4 is 15.0 Å². The fraction of sp³-hybridized carbons (Fsp3) is 0.385. The van der Waals surface area contributed by atoms with Crippen molar-refractivity contribution in [1.29, 1.82) is 0 Å². The number of nitrogens with zero attached hydrogens (tertiary/aromatic N) is 3. The van der Waals surface area contributed by atoms with Gasteiger partial charge in [0, 0.05) is 32.7 Å². The number of carbonyl (C=O) groups excluding carboxylic acids is 1. The van der Waals surface area contributed by atoms with Gasteiger partial charge < -0.3 is 19.5 Å². The highest BCUT2D eigenvalue weighted by Crippen LogP contribution is 2.40. The molecule has 4 rings (SSSR count). The predicted molar refractivity (Wildman–Crippen MR) is 135 cm³/mol. The van der Waals surface area contributed by atoms with E-state index in [0.717, 1.165) is 6.07 Å². The third-order valence-corrected chi connectivity index (χ3v) is 6.69. The molecule has 1 fully saturated rings. The second kappa shape index (κ2) is 12.0. The minimum Gasteiger partial charge on any atom is -0.424 e. The molecule has 14 heteroatoms. The number of aryl methyl sites for hydroxylation is 1. The maximum Gasteiger partial charge on any atom is 0.499 e. The Morgan fingerprint density at radius 2 is 1.77 bits per heavy atom. The average Bonchev–Trinajstić information content (AvgIpc) is 3.27. The zero-order valence-corrected chi connectivity index (χ0v) is 22.0. The smallest absolute Gasteiger partial charge is 0.424 e. The van der Waals surface area contributed by atoms with E-state index in [1.165, 1.54) is 43.3 Å². The minimum absolute atomic E-state index is 0.00600. The van der Waals surface area contributed by atoms with Crippen LogP contribution in [0.5, 0.6) is 5.75 Å². The van der Waals surface area contributed by atoms with Crippen molar-refractivity contribution in [1.82, 2.24) is 15.4 Å². The van der Waals surface area contributed by atoms with Crippen LogP contribution in [0.25, 0.3) is 11.3 Å². The SMILES string of the molecule is Cc1onc(-c2c(F)cccc2Cl)c1C(=O)NCCCN1CCN(c2ccccc2OC(F)(F)C(F)(F)F)CC1. The van der Waals surface area contributed by atoms with Crippen molar-refractivity contribution < 1.29 is 40.4 Å². The molecule has 0 spiro atoms. The molecule has 0 aliphatic carbocycles. The van der Waals surface area contributed by atoms with Crippen LogP contribution in [-0.4, -0.2) is 67.5 Å². The average molecular weight is 591 g/mol. The van der Waals surface area contributed by atoms with Crippen LogP contribution in [0, 0.1) is 12.7 Å². The van der Waals surface area contributed by atoms with Gasteiger partial charge in [-0.2, -0.15) is 22.0 Å². The first-order valence-electron chi connectivity index (χ1n) is 12.3. The number of carbonyl (C=O) groups is 1. The number of anilines is 1. The Morgan fingerprint density at radius 1 is 1.07 bits per heavy atom. The molecular formula is C26H25ClF6N4O3. The Bertz CT molecular complexity index is 1320. The second-order valence-electron chi connectivity index (χ2n) is 9.08. The van der Waals surface area contributed by atoms with Crippen molar-refractivity contribution in [2.24, 2.45) is 0 Å². The van der Waals surface area contributed by atoms with Gasteiger partial charge in [-0.3, -0.25) is 9.69 Å². The Balaban J connectivity index is 1.28. The molecule has 0 saturated carbocycles. The predicted octanol–water partition coefficient (Wildman–Crippen LogP) is 5.92. The maximum atomic E-state index is 14.4. The molecule has 3 aromatic rings. The minimum atomic E-state index is -5.84. The van der Waals surface area contributed by atoms with E-state index in [-0.39, 0.29) is 39.8 Å². The van der Waals surface area contributed by atoms with Gasteiger partial charge in [0.2, 0.25) is 0 Å². The summed E-state index contributed by atoms with van der Waals surface area (Å²) >= 11 is 6.12. The highest BCUT2D eigenvalue weighted by atomic mass is 35.5. The van der Waals surface area contributed by atoms with Gasteiger partial charge in [-0.15, -0.1) is 0 Å². The molecule has 0 radical (unpaired) electrons. The van der Waals surface area contributed by atoms with Gasteiger partial charge in [-0.05, 0) is 44.2 Å². The standard InChI is InChI=1S/C26H25ClF6N4O3/c1-16-21(23(35-40-16)22-17(27)6-4-7-18(22)28)24(38)34-10-5-11-36-12-14-37(15-13-36)19-8-2-3-9-20(19)39-26(32,33)25(29,30)31/h2-4,6-9H,5,10-15H2,1H3,(H,34,38). The van der Waals surface area contributed by atoms with Gasteiger partial charge in [0.25, 0.3) is 5.91 Å². The van der Waals surface area contributed by atoms with Crippen LogP contribution >= 0.6 is 11.6 Å². The van der Waals surface area contributed by atoms with Gasteiger partial charge in [0.15, 0.2) is 0 Å². The highest BCUT2D eigenvalue weighted by molar-refractivity contribution is 6.33. The lowest BCUT2D eigenvalue weighted by Crippen LogP contribution is -2.47. The van der Waals surface area contributed by atoms with Gasteiger partial charge in [0.1, 0.15) is 28.6 Å². The topological polar surface area (TPSA) is 70.8 Å². The first-order valence-corrected chi connectivity index (χ1v) is 12.7. The van der Waals surface area contributed by atoms with E-state index < -0.39 is 29.8 Å². The van der Waals surface area contributed by atoms with Crippen molar-refractivity contribution in [2.45, 2.75) is 25.6 Å². The fourth-order valence-corrected chi connectivity index (χ4v) is 4.59. The number of piperazine rings is 1. The Kier molecular flexibility index (Phi) is 8.83. The Hall–Kier alpha value is -3.45. The summed E-state index contributed by atoms with van der Waals surface area (Å²) in [6, 6.07) is 9.49. The highest BCUT2D eigenvalue weighted by Gasteiger charge is 2.61. The summed E-state index contributed by atoms with van der Waals surface area (Å²) in [5.74, 6) is -1.48. The number of aromatic nitrogens is 1. The van der Waals surface area contributed by atoms with Crippen LogP contribution in [0.15, 0.2) is 47.0 Å². The third kappa shape index (κ3) is 6.47. The molecule has 1 saturated heterocycles. The molecule has 216 valence electrons. The van der Waals surface area contributed by atoms with Crippen LogP contribution in [0.3, 0.4) is 0 Å². The summed E-state index contributed by atoms with van der Waals surface area (Å²) in [6.45, 7) is 4.18. The van der Waals surface area contributed by atoms with Crippen LogP contribution in [-0.2, 0) is 0 Å². The van der Waals surface area contributed by atoms with Crippen LogP contribution in [0.2, 0.25) is 5.02 Å². The van der Waals surface area contributed by atoms with Crippen molar-refractivity contribution in [3.8, 4) is 17.0 Å². The van der Waals surface area contributed by atoms with Gasteiger partial charge >= 0.3 is 12.3 Å². The Morgan fingerprint density at radius 3 is 2.45 bits per heavy atom. The van der Waals surface area contributed by atoms with E-state index in [1.54, 1.807) is 4.90 Å². The molecule has 0 atom stereocenters. The zero-order chi connectivity index (χ0) is 29.1. The van der Waals surface area contributed by atoms with Gasteiger partial charge in [0.05, 0.1) is 16.3 Å². The quantitative estimate of drug-likeness (QED) is 0.247. The van der Waals surface area contributed by atoms with E-state index in [9.17, 15) is 31.1 Å². The molecule has 1 amide bonds.